The molecule has 1 unspecified atom stereocenters. The molecule has 0 heterocycles. The van der Waals surface area contributed by atoms with Gasteiger partial charge in [0.1, 0.15) is 5.75 Å². The van der Waals surface area contributed by atoms with Crippen molar-refractivity contribution in [2.24, 2.45) is 5.16 Å². The predicted molar refractivity (Wildman–Crippen MR) is 56.2 cm³/mol. The lowest BCUT2D eigenvalue weighted by molar-refractivity contribution is 0.321. The Labute approximate surface area is 83.7 Å². The number of phenols is 1. The van der Waals surface area contributed by atoms with Gasteiger partial charge in [0, 0.05) is 5.56 Å². The molecule has 3 nitrogen and oxygen atoms in total. The fourth-order valence-electron chi connectivity index (χ4n) is 1.28. The summed E-state index contributed by atoms with van der Waals surface area (Å²) in [6.07, 6.45) is 2.28. The number of rotatable bonds is 3. The molecule has 1 rings (SSSR count). The van der Waals surface area contributed by atoms with Crippen molar-refractivity contribution in [2.45, 2.75) is 26.2 Å². The van der Waals surface area contributed by atoms with Crippen molar-refractivity contribution in [1.29, 1.82) is 0 Å². The molecule has 0 aliphatic heterocycles. The summed E-state index contributed by atoms with van der Waals surface area (Å²) in [5, 5.41) is 20.7. The molecule has 1 aromatic carbocycles. The van der Waals surface area contributed by atoms with E-state index in [9.17, 15) is 5.11 Å². The highest BCUT2D eigenvalue weighted by Gasteiger charge is 2.05. The monoisotopic (exact) mass is 193 g/mol. The highest BCUT2D eigenvalue weighted by atomic mass is 16.4. The van der Waals surface area contributed by atoms with Crippen LogP contribution >= 0.6 is 0 Å². The van der Waals surface area contributed by atoms with E-state index in [1.54, 1.807) is 6.07 Å². The fourth-order valence-corrected chi connectivity index (χ4v) is 1.28. The van der Waals surface area contributed by atoms with Crippen LogP contribution in [-0.2, 0) is 0 Å². The summed E-state index contributed by atoms with van der Waals surface area (Å²) in [6.45, 7) is 4.23. The normalized spacial score (nSPS) is 13.3. The Morgan fingerprint density at radius 2 is 2.21 bits per heavy atom. The van der Waals surface area contributed by atoms with E-state index in [0.29, 0.717) is 11.5 Å². The van der Waals surface area contributed by atoms with Crippen LogP contribution in [0.2, 0.25) is 0 Å². The average molecular weight is 193 g/mol. The third-order valence-corrected chi connectivity index (χ3v) is 2.43. The van der Waals surface area contributed by atoms with Gasteiger partial charge in [-0.1, -0.05) is 25.1 Å². The zero-order valence-corrected chi connectivity index (χ0v) is 8.44. The Kier molecular flexibility index (Phi) is 3.51. The molecule has 1 atom stereocenters. The van der Waals surface area contributed by atoms with Crippen LogP contribution in [0, 0.1) is 0 Å². The van der Waals surface area contributed by atoms with Crippen molar-refractivity contribution in [2.75, 3.05) is 0 Å². The van der Waals surface area contributed by atoms with Crippen LogP contribution < -0.4 is 0 Å². The van der Waals surface area contributed by atoms with Gasteiger partial charge in [0.15, 0.2) is 0 Å². The van der Waals surface area contributed by atoms with Crippen LogP contribution in [0.25, 0.3) is 0 Å². The number of hydrogen-bond donors (Lipinski definition) is 2. The van der Waals surface area contributed by atoms with Crippen molar-refractivity contribution >= 4 is 6.21 Å². The third kappa shape index (κ3) is 2.25. The maximum Gasteiger partial charge on any atom is 0.124 e. The molecule has 0 radical (unpaired) electrons. The number of oxime groups is 1. The van der Waals surface area contributed by atoms with Crippen molar-refractivity contribution in [3.63, 3.8) is 0 Å². The molecule has 0 amide bonds. The van der Waals surface area contributed by atoms with E-state index in [-0.39, 0.29) is 5.75 Å². The lowest BCUT2D eigenvalue weighted by Gasteiger charge is -2.09. The molecule has 76 valence electrons. The number of hydrogen-bond acceptors (Lipinski definition) is 3. The maximum absolute atomic E-state index is 9.42. The molecule has 1 aromatic rings. The molecule has 3 heteroatoms. The second-order valence-corrected chi connectivity index (χ2v) is 3.37. The van der Waals surface area contributed by atoms with E-state index in [4.69, 9.17) is 5.21 Å². The second kappa shape index (κ2) is 4.65. The molecule has 0 aliphatic rings. The average Bonchev–Trinajstić information content (AvgIpc) is 2.20. The van der Waals surface area contributed by atoms with Crippen molar-refractivity contribution in [3.8, 4) is 5.75 Å². The Balaban J connectivity index is 3.06. The first-order valence-electron chi connectivity index (χ1n) is 4.69. The Morgan fingerprint density at radius 3 is 2.79 bits per heavy atom. The van der Waals surface area contributed by atoms with Gasteiger partial charge in [-0.15, -0.1) is 0 Å². The SMILES string of the molecule is CCC(C)c1ccc(O)c(C=NO)c1. The summed E-state index contributed by atoms with van der Waals surface area (Å²) < 4.78 is 0. The van der Waals surface area contributed by atoms with Crippen molar-refractivity contribution in [1.82, 2.24) is 0 Å². The lowest BCUT2D eigenvalue weighted by Crippen LogP contribution is -1.93. The number of nitrogens with zero attached hydrogens (tertiary/aromatic N) is 1. The van der Waals surface area contributed by atoms with Gasteiger partial charge in [-0.3, -0.25) is 0 Å². The molecule has 14 heavy (non-hydrogen) atoms. The Morgan fingerprint density at radius 1 is 1.50 bits per heavy atom. The number of aromatic hydroxyl groups is 1. The first-order valence-corrected chi connectivity index (χ1v) is 4.69. The van der Waals surface area contributed by atoms with Crippen LogP contribution in [0.3, 0.4) is 0 Å². The second-order valence-electron chi connectivity index (χ2n) is 3.37. The first-order chi connectivity index (χ1) is 6.69. The quantitative estimate of drug-likeness (QED) is 0.440. The topological polar surface area (TPSA) is 52.8 Å². The molecule has 0 bridgehead atoms. The van der Waals surface area contributed by atoms with Gasteiger partial charge in [-0.25, -0.2) is 0 Å². The Hall–Kier alpha value is -1.51. The molecule has 2 N–H and O–H groups in total. The largest absolute Gasteiger partial charge is 0.507 e. The van der Waals surface area contributed by atoms with E-state index in [1.165, 1.54) is 6.21 Å². The molecule has 0 spiro atoms. The predicted octanol–water partition coefficient (Wildman–Crippen LogP) is 2.71. The third-order valence-electron chi connectivity index (χ3n) is 2.43. The zero-order chi connectivity index (χ0) is 10.6. The summed E-state index contributed by atoms with van der Waals surface area (Å²) in [6, 6.07) is 5.35. The number of benzene rings is 1. The first kappa shape index (κ1) is 10.6. The summed E-state index contributed by atoms with van der Waals surface area (Å²) in [7, 11) is 0. The van der Waals surface area contributed by atoms with E-state index in [2.05, 4.69) is 19.0 Å². The minimum Gasteiger partial charge on any atom is -0.507 e. The van der Waals surface area contributed by atoms with Gasteiger partial charge < -0.3 is 10.3 Å². The van der Waals surface area contributed by atoms with Crippen LogP contribution in [0.1, 0.15) is 37.3 Å². The van der Waals surface area contributed by atoms with Crippen molar-refractivity contribution < 1.29 is 10.3 Å². The van der Waals surface area contributed by atoms with Crippen LogP contribution in [-0.4, -0.2) is 16.5 Å². The van der Waals surface area contributed by atoms with E-state index in [0.717, 1.165) is 12.0 Å². The molecular weight excluding hydrogens is 178 g/mol. The summed E-state index contributed by atoms with van der Waals surface area (Å²) in [5.41, 5.74) is 1.69. The molecular formula is C11H15NO2. The van der Waals surface area contributed by atoms with E-state index >= 15 is 0 Å². The minimum absolute atomic E-state index is 0.134. The standard InChI is InChI=1S/C11H15NO2/c1-3-8(2)9-4-5-11(13)10(6-9)7-12-14/h4-8,13-14H,3H2,1-2H3. The molecule has 0 aromatic heterocycles. The molecule has 0 saturated carbocycles. The van der Waals surface area contributed by atoms with Crippen molar-refractivity contribution in [3.05, 3.63) is 29.3 Å². The molecule has 0 saturated heterocycles. The van der Waals surface area contributed by atoms with Gasteiger partial charge in [-0.2, -0.15) is 0 Å². The van der Waals surface area contributed by atoms with Crippen LogP contribution in [0.5, 0.6) is 5.75 Å². The van der Waals surface area contributed by atoms with Gasteiger partial charge in [0.25, 0.3) is 0 Å². The van der Waals surface area contributed by atoms with Gasteiger partial charge in [-0.05, 0) is 30.0 Å². The highest BCUT2D eigenvalue weighted by molar-refractivity contribution is 5.83. The highest BCUT2D eigenvalue weighted by Crippen LogP contribution is 2.23. The summed E-state index contributed by atoms with van der Waals surface area (Å²) in [4.78, 5) is 0. The van der Waals surface area contributed by atoms with Gasteiger partial charge in [0.05, 0.1) is 6.21 Å². The Bertz CT molecular complexity index is 334. The zero-order valence-electron chi connectivity index (χ0n) is 8.44. The van der Waals surface area contributed by atoms with Crippen LogP contribution in [0.15, 0.2) is 23.4 Å². The molecule has 0 aliphatic carbocycles. The number of phenolic OH excluding ortho intramolecular Hbond substituents is 1. The van der Waals surface area contributed by atoms with Gasteiger partial charge >= 0.3 is 0 Å². The van der Waals surface area contributed by atoms with Gasteiger partial charge in [0.2, 0.25) is 0 Å². The van der Waals surface area contributed by atoms with E-state index < -0.39 is 0 Å². The van der Waals surface area contributed by atoms with E-state index in [1.807, 2.05) is 12.1 Å². The maximum atomic E-state index is 9.42. The smallest absolute Gasteiger partial charge is 0.124 e. The summed E-state index contributed by atoms with van der Waals surface area (Å²) >= 11 is 0. The molecule has 0 fully saturated rings. The minimum atomic E-state index is 0.134. The fraction of sp³-hybridized carbons (Fsp3) is 0.364. The summed E-state index contributed by atoms with van der Waals surface area (Å²) in [5.74, 6) is 0.580. The lowest BCUT2D eigenvalue weighted by atomic mass is 9.97. The van der Waals surface area contributed by atoms with Crippen LogP contribution in [0.4, 0.5) is 0 Å².